The highest BCUT2D eigenvalue weighted by atomic mass is 32.1. The highest BCUT2D eigenvalue weighted by Gasteiger charge is 2.11. The maximum Gasteiger partial charge on any atom is 0.192 e. The summed E-state index contributed by atoms with van der Waals surface area (Å²) in [5, 5.41) is 0. The van der Waals surface area contributed by atoms with Gasteiger partial charge in [0.05, 0.1) is 11.4 Å². The molecule has 2 rings (SSSR count). The number of rotatable bonds is 4. The van der Waals surface area contributed by atoms with E-state index in [4.69, 9.17) is 0 Å². The van der Waals surface area contributed by atoms with Gasteiger partial charge in [-0.15, -0.1) is 11.3 Å². The molecule has 2 aromatic rings. The van der Waals surface area contributed by atoms with E-state index in [0.29, 0.717) is 5.92 Å². The van der Waals surface area contributed by atoms with Crippen molar-refractivity contribution < 1.29 is 4.79 Å². The SMILES string of the molecule is CC(C)c1ccc(C(=O)Cn2ccc(=O)cc2)s1. The fourth-order valence-corrected chi connectivity index (χ4v) is 2.55. The first-order valence-electron chi connectivity index (χ1n) is 5.85. The van der Waals surface area contributed by atoms with Crippen molar-refractivity contribution in [2.24, 2.45) is 0 Å². The first-order valence-corrected chi connectivity index (χ1v) is 6.67. The van der Waals surface area contributed by atoms with Crippen LogP contribution < -0.4 is 5.43 Å². The number of nitrogens with zero attached hydrogens (tertiary/aromatic N) is 1. The molecule has 0 N–H and O–H groups in total. The molecule has 94 valence electrons. The Labute approximate surface area is 110 Å². The highest BCUT2D eigenvalue weighted by molar-refractivity contribution is 7.14. The average Bonchev–Trinajstić information content (AvgIpc) is 2.81. The van der Waals surface area contributed by atoms with Crippen LogP contribution in [-0.4, -0.2) is 10.4 Å². The molecular formula is C14H15NO2S. The molecule has 0 unspecified atom stereocenters. The summed E-state index contributed by atoms with van der Waals surface area (Å²) in [4.78, 5) is 25.0. The summed E-state index contributed by atoms with van der Waals surface area (Å²) in [5.74, 6) is 0.527. The molecule has 0 radical (unpaired) electrons. The molecule has 0 aliphatic heterocycles. The second-order valence-electron chi connectivity index (χ2n) is 4.49. The third-order valence-electron chi connectivity index (χ3n) is 2.66. The van der Waals surface area contributed by atoms with E-state index in [1.807, 2.05) is 12.1 Å². The molecule has 0 aliphatic carbocycles. The van der Waals surface area contributed by atoms with Crippen LogP contribution in [0, 0.1) is 0 Å². The standard InChI is InChI=1S/C14H15NO2S/c1-10(2)13-3-4-14(18-13)12(17)9-15-7-5-11(16)6-8-15/h3-8,10H,9H2,1-2H3. The molecule has 2 aromatic heterocycles. The number of hydrogen-bond donors (Lipinski definition) is 0. The molecule has 0 fully saturated rings. The van der Waals surface area contributed by atoms with Crippen LogP contribution in [0.1, 0.15) is 34.3 Å². The quantitative estimate of drug-likeness (QED) is 0.794. The Kier molecular flexibility index (Phi) is 3.77. The minimum Gasteiger partial charge on any atom is -0.346 e. The zero-order valence-electron chi connectivity index (χ0n) is 10.4. The second kappa shape index (κ2) is 5.31. The third kappa shape index (κ3) is 2.96. The van der Waals surface area contributed by atoms with Crippen LogP contribution in [0.25, 0.3) is 0 Å². The van der Waals surface area contributed by atoms with Gasteiger partial charge >= 0.3 is 0 Å². The van der Waals surface area contributed by atoms with Gasteiger partial charge in [-0.3, -0.25) is 9.59 Å². The second-order valence-corrected chi connectivity index (χ2v) is 5.60. The van der Waals surface area contributed by atoms with Crippen molar-refractivity contribution in [2.45, 2.75) is 26.3 Å². The van der Waals surface area contributed by atoms with E-state index in [2.05, 4.69) is 13.8 Å². The average molecular weight is 261 g/mol. The minimum absolute atomic E-state index is 0.0445. The van der Waals surface area contributed by atoms with Crippen LogP contribution in [0.4, 0.5) is 0 Å². The predicted molar refractivity (Wildman–Crippen MR) is 73.4 cm³/mol. The van der Waals surface area contributed by atoms with Crippen LogP contribution in [0.15, 0.2) is 41.5 Å². The highest BCUT2D eigenvalue weighted by Crippen LogP contribution is 2.24. The van der Waals surface area contributed by atoms with Crippen LogP contribution in [0.2, 0.25) is 0 Å². The van der Waals surface area contributed by atoms with Gasteiger partial charge in [0.1, 0.15) is 0 Å². The minimum atomic E-state index is -0.0445. The lowest BCUT2D eigenvalue weighted by Gasteiger charge is -2.03. The molecule has 0 atom stereocenters. The van der Waals surface area contributed by atoms with Crippen molar-refractivity contribution in [1.82, 2.24) is 4.57 Å². The van der Waals surface area contributed by atoms with Crippen molar-refractivity contribution in [1.29, 1.82) is 0 Å². The van der Waals surface area contributed by atoms with E-state index in [1.54, 1.807) is 28.3 Å². The maximum atomic E-state index is 12.0. The molecule has 3 nitrogen and oxygen atoms in total. The number of aromatic nitrogens is 1. The number of hydrogen-bond acceptors (Lipinski definition) is 3. The largest absolute Gasteiger partial charge is 0.346 e. The van der Waals surface area contributed by atoms with E-state index in [1.165, 1.54) is 17.0 Å². The number of pyridine rings is 1. The lowest BCUT2D eigenvalue weighted by Crippen LogP contribution is -2.11. The Morgan fingerprint density at radius 1 is 1.22 bits per heavy atom. The van der Waals surface area contributed by atoms with Crippen molar-refractivity contribution in [3.63, 3.8) is 0 Å². The predicted octanol–water partition coefficient (Wildman–Crippen LogP) is 2.92. The Hall–Kier alpha value is -1.68. The van der Waals surface area contributed by atoms with E-state index in [0.717, 1.165) is 4.88 Å². The van der Waals surface area contributed by atoms with Gasteiger partial charge in [-0.1, -0.05) is 13.8 Å². The molecule has 0 saturated carbocycles. The van der Waals surface area contributed by atoms with Crippen molar-refractivity contribution in [2.75, 3.05) is 0 Å². The lowest BCUT2D eigenvalue weighted by atomic mass is 10.2. The molecule has 0 spiro atoms. The number of Topliss-reactive ketones (excluding diaryl/α,β-unsaturated/α-hetero) is 1. The van der Waals surface area contributed by atoms with Crippen molar-refractivity contribution >= 4 is 17.1 Å². The van der Waals surface area contributed by atoms with E-state index >= 15 is 0 Å². The summed E-state index contributed by atoms with van der Waals surface area (Å²) in [5.41, 5.74) is -0.0445. The zero-order chi connectivity index (χ0) is 13.1. The summed E-state index contributed by atoms with van der Waals surface area (Å²) in [7, 11) is 0. The van der Waals surface area contributed by atoms with Crippen LogP contribution >= 0.6 is 11.3 Å². The molecule has 0 aliphatic rings. The number of carbonyl (C=O) groups excluding carboxylic acids is 1. The Morgan fingerprint density at radius 3 is 2.44 bits per heavy atom. The van der Waals surface area contributed by atoms with Gasteiger partial charge in [0, 0.05) is 29.4 Å². The van der Waals surface area contributed by atoms with Crippen molar-refractivity contribution in [3.05, 3.63) is 56.6 Å². The van der Waals surface area contributed by atoms with Gasteiger partial charge in [-0.05, 0) is 18.1 Å². The molecular weight excluding hydrogens is 246 g/mol. The molecule has 0 bridgehead atoms. The first-order chi connectivity index (χ1) is 8.56. The number of thiophene rings is 1. The van der Waals surface area contributed by atoms with Crippen molar-refractivity contribution in [3.8, 4) is 0 Å². The summed E-state index contributed by atoms with van der Waals surface area (Å²) in [6.07, 6.45) is 3.27. The fraction of sp³-hybridized carbons (Fsp3) is 0.286. The van der Waals surface area contributed by atoms with Crippen LogP contribution in [-0.2, 0) is 6.54 Å². The third-order valence-corrected chi connectivity index (χ3v) is 4.08. The Bertz CT molecular complexity index is 590. The maximum absolute atomic E-state index is 12.0. The Balaban J connectivity index is 2.11. The Morgan fingerprint density at radius 2 is 1.89 bits per heavy atom. The normalized spacial score (nSPS) is 10.8. The first kappa shape index (κ1) is 12.8. The van der Waals surface area contributed by atoms with Gasteiger partial charge in [-0.25, -0.2) is 0 Å². The monoisotopic (exact) mass is 261 g/mol. The number of carbonyl (C=O) groups is 1. The molecule has 18 heavy (non-hydrogen) atoms. The van der Waals surface area contributed by atoms with Gasteiger partial charge in [0.25, 0.3) is 0 Å². The van der Waals surface area contributed by atoms with Gasteiger partial charge in [-0.2, -0.15) is 0 Å². The zero-order valence-corrected chi connectivity index (χ0v) is 11.2. The lowest BCUT2D eigenvalue weighted by molar-refractivity contribution is 0.0976. The van der Waals surface area contributed by atoms with Crippen LogP contribution in [0.5, 0.6) is 0 Å². The molecule has 0 amide bonds. The smallest absolute Gasteiger partial charge is 0.192 e. The van der Waals surface area contributed by atoms with Gasteiger partial charge < -0.3 is 4.57 Å². The van der Waals surface area contributed by atoms with Crippen LogP contribution in [0.3, 0.4) is 0 Å². The summed E-state index contributed by atoms with van der Waals surface area (Å²) < 4.78 is 1.72. The molecule has 0 aromatic carbocycles. The summed E-state index contributed by atoms with van der Waals surface area (Å²) in [6, 6.07) is 6.81. The van der Waals surface area contributed by atoms with Gasteiger partial charge in [0.15, 0.2) is 11.2 Å². The topological polar surface area (TPSA) is 39.1 Å². The molecule has 2 heterocycles. The molecule has 0 saturated heterocycles. The van der Waals surface area contributed by atoms with E-state index < -0.39 is 0 Å². The van der Waals surface area contributed by atoms with Gasteiger partial charge in [0.2, 0.25) is 0 Å². The molecule has 4 heteroatoms. The summed E-state index contributed by atoms with van der Waals surface area (Å²) in [6.45, 7) is 4.50. The fourth-order valence-electron chi connectivity index (χ4n) is 1.61. The number of ketones is 1. The van der Waals surface area contributed by atoms with E-state index in [-0.39, 0.29) is 17.8 Å². The van der Waals surface area contributed by atoms with E-state index in [9.17, 15) is 9.59 Å². The summed E-state index contributed by atoms with van der Waals surface area (Å²) >= 11 is 1.55.